The van der Waals surface area contributed by atoms with Crippen molar-refractivity contribution in [2.24, 2.45) is 0 Å². The van der Waals surface area contributed by atoms with Crippen LogP contribution in [0.4, 0.5) is 0 Å². The van der Waals surface area contributed by atoms with Crippen molar-refractivity contribution < 1.29 is 4.74 Å². The van der Waals surface area contributed by atoms with Crippen molar-refractivity contribution in [1.82, 2.24) is 0 Å². The van der Waals surface area contributed by atoms with Crippen LogP contribution in [0.3, 0.4) is 0 Å². The first kappa shape index (κ1) is 44.6. The summed E-state index contributed by atoms with van der Waals surface area (Å²) in [6.07, 6.45) is 0. The molecule has 0 spiro atoms. The molecule has 0 bridgehead atoms. The average molecular weight is 931 g/mol. The standard InChI is InChI=1S/C72H50O/c1-5-27-51(28-6-1)55-35-13-17-39-59(55)65-45-25-47-67(71(65)63-43-19-15-37-57(63)53-31-9-3-10-32-53)61-41-21-23-49-69(61)73-70-50-24-22-42-62(70)68-48-26-46-66(60-40-18-14-36-56(60)52-29-7-2-8-30-52)72(68)64-44-20-16-38-58(64)54-33-11-4-12-34-54/h1-50H. The second-order valence-corrected chi connectivity index (χ2v) is 18.2. The molecule has 1 heteroatoms. The van der Waals surface area contributed by atoms with Gasteiger partial charge in [0.2, 0.25) is 0 Å². The molecule has 0 aliphatic rings. The van der Waals surface area contributed by atoms with Gasteiger partial charge in [-0.2, -0.15) is 0 Å². The molecule has 0 aromatic heterocycles. The normalized spacial score (nSPS) is 11.0. The monoisotopic (exact) mass is 930 g/mol. The highest BCUT2D eigenvalue weighted by atomic mass is 16.5. The predicted octanol–water partition coefficient (Wildman–Crippen LogP) is 20.1. The van der Waals surface area contributed by atoms with Gasteiger partial charge in [-0.1, -0.05) is 291 Å². The van der Waals surface area contributed by atoms with Crippen LogP contribution in [0, 0.1) is 0 Å². The third-order valence-corrected chi connectivity index (χ3v) is 13.9. The number of hydrogen-bond acceptors (Lipinski definition) is 1. The van der Waals surface area contributed by atoms with Crippen molar-refractivity contribution in [2.75, 3.05) is 0 Å². The SMILES string of the molecule is c1ccc(-c2ccccc2-c2cccc(-c3ccccc3Oc3ccccc3-c3cccc(-c4ccccc4-c4ccccc4)c3-c3ccccc3-c3ccccc3)c2-c2ccccc2-c2ccccc2)cc1. The van der Waals surface area contributed by atoms with Crippen LogP contribution >= 0.6 is 0 Å². The second kappa shape index (κ2) is 20.4. The summed E-state index contributed by atoms with van der Waals surface area (Å²) in [5.41, 5.74) is 22.7. The van der Waals surface area contributed by atoms with E-state index in [4.69, 9.17) is 4.74 Å². The zero-order valence-corrected chi connectivity index (χ0v) is 40.3. The molecule has 344 valence electrons. The molecule has 0 unspecified atom stereocenters. The Bertz CT molecular complexity index is 3600. The molecule has 0 fully saturated rings. The Hall–Kier alpha value is -9.56. The molecular formula is C72H50O. The first-order valence-corrected chi connectivity index (χ1v) is 25.0. The van der Waals surface area contributed by atoms with Crippen LogP contribution in [-0.4, -0.2) is 0 Å². The summed E-state index contributed by atoms with van der Waals surface area (Å²) in [4.78, 5) is 0. The molecule has 0 aliphatic heterocycles. The van der Waals surface area contributed by atoms with Gasteiger partial charge < -0.3 is 4.74 Å². The summed E-state index contributed by atoms with van der Waals surface area (Å²) in [6.45, 7) is 0. The van der Waals surface area contributed by atoms with Crippen LogP contribution in [0.15, 0.2) is 303 Å². The van der Waals surface area contributed by atoms with Gasteiger partial charge in [0.15, 0.2) is 0 Å². The highest BCUT2D eigenvalue weighted by Crippen LogP contribution is 2.51. The average Bonchev–Trinajstić information content (AvgIpc) is 3.48. The Kier molecular flexibility index (Phi) is 12.5. The van der Waals surface area contributed by atoms with Gasteiger partial charge in [0.25, 0.3) is 0 Å². The molecule has 0 N–H and O–H groups in total. The Morgan fingerprint density at radius 2 is 0.342 bits per heavy atom. The van der Waals surface area contributed by atoms with Crippen molar-refractivity contribution >= 4 is 0 Å². The quantitative estimate of drug-likeness (QED) is 0.119. The molecule has 0 saturated carbocycles. The maximum Gasteiger partial charge on any atom is 0.135 e. The van der Waals surface area contributed by atoms with E-state index in [-0.39, 0.29) is 0 Å². The van der Waals surface area contributed by atoms with E-state index in [9.17, 15) is 0 Å². The van der Waals surface area contributed by atoms with Crippen LogP contribution in [-0.2, 0) is 0 Å². The summed E-state index contributed by atoms with van der Waals surface area (Å²) >= 11 is 0. The Morgan fingerprint density at radius 3 is 0.658 bits per heavy atom. The zero-order chi connectivity index (χ0) is 48.8. The fourth-order valence-electron chi connectivity index (χ4n) is 10.6. The predicted molar refractivity (Wildman–Crippen MR) is 307 cm³/mol. The highest BCUT2D eigenvalue weighted by molar-refractivity contribution is 6.05. The lowest BCUT2D eigenvalue weighted by Crippen LogP contribution is -1.97. The van der Waals surface area contributed by atoms with E-state index >= 15 is 0 Å². The number of benzene rings is 12. The van der Waals surface area contributed by atoms with Gasteiger partial charge in [0, 0.05) is 11.1 Å². The van der Waals surface area contributed by atoms with Crippen molar-refractivity contribution in [1.29, 1.82) is 0 Å². The van der Waals surface area contributed by atoms with E-state index in [1.807, 2.05) is 0 Å². The largest absolute Gasteiger partial charge is 0.456 e. The van der Waals surface area contributed by atoms with Crippen LogP contribution in [0.25, 0.3) is 111 Å². The molecule has 12 aromatic carbocycles. The third-order valence-electron chi connectivity index (χ3n) is 13.9. The maximum atomic E-state index is 7.44. The first-order chi connectivity index (χ1) is 36.3. The summed E-state index contributed by atoms with van der Waals surface area (Å²) < 4.78 is 7.44. The number of hydrogen-bond donors (Lipinski definition) is 0. The molecule has 0 atom stereocenters. The van der Waals surface area contributed by atoms with E-state index in [0.717, 1.165) is 101 Å². The van der Waals surface area contributed by atoms with Gasteiger partial charge in [-0.15, -0.1) is 0 Å². The summed E-state index contributed by atoms with van der Waals surface area (Å²) in [7, 11) is 0. The molecule has 0 amide bonds. The smallest absolute Gasteiger partial charge is 0.135 e. The minimum absolute atomic E-state index is 0.763. The number of rotatable bonds is 12. The van der Waals surface area contributed by atoms with Gasteiger partial charge in [0.1, 0.15) is 11.5 Å². The van der Waals surface area contributed by atoms with Gasteiger partial charge in [-0.25, -0.2) is 0 Å². The highest BCUT2D eigenvalue weighted by Gasteiger charge is 2.24. The molecule has 0 aliphatic carbocycles. The van der Waals surface area contributed by atoms with E-state index in [0.29, 0.717) is 0 Å². The molecule has 12 aromatic rings. The van der Waals surface area contributed by atoms with E-state index in [1.165, 1.54) is 22.3 Å². The van der Waals surface area contributed by atoms with Crippen molar-refractivity contribution in [3.8, 4) is 123 Å². The Morgan fingerprint density at radius 1 is 0.137 bits per heavy atom. The van der Waals surface area contributed by atoms with Crippen molar-refractivity contribution in [3.63, 3.8) is 0 Å². The Labute approximate surface area is 428 Å². The van der Waals surface area contributed by atoms with Gasteiger partial charge in [-0.05, 0) is 112 Å². The summed E-state index contributed by atoms with van der Waals surface area (Å²) in [5, 5.41) is 0. The fraction of sp³-hybridized carbons (Fsp3) is 0. The molecule has 73 heavy (non-hydrogen) atoms. The molecule has 12 rings (SSSR count). The third kappa shape index (κ3) is 8.86. The minimum Gasteiger partial charge on any atom is -0.456 e. The molecule has 0 radical (unpaired) electrons. The van der Waals surface area contributed by atoms with E-state index < -0.39 is 0 Å². The molecular weight excluding hydrogens is 881 g/mol. The van der Waals surface area contributed by atoms with Crippen LogP contribution in [0.1, 0.15) is 0 Å². The van der Waals surface area contributed by atoms with Crippen molar-refractivity contribution in [2.45, 2.75) is 0 Å². The van der Waals surface area contributed by atoms with E-state index in [2.05, 4.69) is 303 Å². The molecule has 1 nitrogen and oxygen atoms in total. The summed E-state index contributed by atoms with van der Waals surface area (Å²) in [5.74, 6) is 1.53. The van der Waals surface area contributed by atoms with Crippen LogP contribution < -0.4 is 4.74 Å². The molecule has 0 heterocycles. The minimum atomic E-state index is 0.763. The van der Waals surface area contributed by atoms with Gasteiger partial charge in [-0.3, -0.25) is 0 Å². The van der Waals surface area contributed by atoms with Gasteiger partial charge >= 0.3 is 0 Å². The first-order valence-electron chi connectivity index (χ1n) is 25.0. The second-order valence-electron chi connectivity index (χ2n) is 18.2. The fourth-order valence-corrected chi connectivity index (χ4v) is 10.6. The maximum absolute atomic E-state index is 7.44. The number of ether oxygens (including phenoxy) is 1. The van der Waals surface area contributed by atoms with Crippen molar-refractivity contribution in [3.05, 3.63) is 303 Å². The lowest BCUT2D eigenvalue weighted by Gasteiger charge is -2.23. The Balaban J connectivity index is 1.06. The lowest BCUT2D eigenvalue weighted by atomic mass is 9.82. The topological polar surface area (TPSA) is 9.23 Å². The zero-order valence-electron chi connectivity index (χ0n) is 40.3. The van der Waals surface area contributed by atoms with Gasteiger partial charge in [0.05, 0.1) is 0 Å². The lowest BCUT2D eigenvalue weighted by molar-refractivity contribution is 0.486. The number of para-hydroxylation sites is 2. The van der Waals surface area contributed by atoms with E-state index in [1.54, 1.807) is 0 Å². The molecule has 0 saturated heterocycles. The van der Waals surface area contributed by atoms with Crippen LogP contribution in [0.2, 0.25) is 0 Å². The summed E-state index contributed by atoms with van der Waals surface area (Å²) in [6, 6.07) is 109. The van der Waals surface area contributed by atoms with Crippen LogP contribution in [0.5, 0.6) is 11.5 Å².